The van der Waals surface area contributed by atoms with Gasteiger partial charge in [-0.1, -0.05) is 6.92 Å². The van der Waals surface area contributed by atoms with Gasteiger partial charge in [-0.2, -0.15) is 0 Å². The Kier molecular flexibility index (Phi) is 3.46. The lowest BCUT2D eigenvalue weighted by Gasteiger charge is -2.09. The molecule has 4 nitrogen and oxygen atoms in total. The summed E-state index contributed by atoms with van der Waals surface area (Å²) in [5.41, 5.74) is 7.92. The smallest absolute Gasteiger partial charge is 0.161 e. The van der Waals surface area contributed by atoms with Crippen molar-refractivity contribution < 1.29 is 4.79 Å². The summed E-state index contributed by atoms with van der Waals surface area (Å²) in [7, 11) is 0. The first-order valence-corrected chi connectivity index (χ1v) is 6.06. The van der Waals surface area contributed by atoms with Crippen LogP contribution in [-0.2, 0) is 6.42 Å². The number of hydrogen-bond donors (Lipinski definition) is 1. The van der Waals surface area contributed by atoms with Gasteiger partial charge in [0, 0.05) is 35.8 Å². The number of rotatable bonds is 4. The third kappa shape index (κ3) is 2.27. The summed E-state index contributed by atoms with van der Waals surface area (Å²) in [5, 5.41) is 0. The van der Waals surface area contributed by atoms with Crippen LogP contribution in [0.15, 0.2) is 30.6 Å². The van der Waals surface area contributed by atoms with Crippen LogP contribution in [-0.4, -0.2) is 15.3 Å². The van der Waals surface area contributed by atoms with Crippen LogP contribution in [0.25, 0.3) is 5.69 Å². The number of imidazole rings is 1. The van der Waals surface area contributed by atoms with Gasteiger partial charge in [0.05, 0.1) is 0 Å². The Balaban J connectivity index is 2.42. The number of carbonyl (C=O) groups excluding carboxylic acids is 1. The molecule has 1 aromatic heterocycles. The van der Waals surface area contributed by atoms with Crippen molar-refractivity contribution in [1.29, 1.82) is 0 Å². The van der Waals surface area contributed by atoms with Crippen molar-refractivity contribution in [3.8, 4) is 5.69 Å². The first kappa shape index (κ1) is 12.4. The third-order valence-electron chi connectivity index (χ3n) is 2.88. The van der Waals surface area contributed by atoms with E-state index in [0.29, 0.717) is 11.3 Å². The monoisotopic (exact) mass is 243 g/mol. The first-order valence-electron chi connectivity index (χ1n) is 6.06. The van der Waals surface area contributed by atoms with E-state index in [0.717, 1.165) is 24.4 Å². The van der Waals surface area contributed by atoms with Crippen LogP contribution in [0, 0.1) is 0 Å². The fourth-order valence-corrected chi connectivity index (χ4v) is 2.00. The maximum Gasteiger partial charge on any atom is 0.161 e. The summed E-state index contributed by atoms with van der Waals surface area (Å²) < 4.78 is 2.00. The van der Waals surface area contributed by atoms with Gasteiger partial charge in [0.15, 0.2) is 5.78 Å². The number of benzene rings is 1. The molecule has 2 N–H and O–H groups in total. The number of aromatic nitrogens is 2. The molecule has 2 rings (SSSR count). The molecule has 0 amide bonds. The third-order valence-corrected chi connectivity index (χ3v) is 2.88. The van der Waals surface area contributed by atoms with Crippen LogP contribution >= 0.6 is 0 Å². The molecule has 1 heterocycles. The molecule has 1 aromatic carbocycles. The molecular formula is C14H17N3O. The van der Waals surface area contributed by atoms with Gasteiger partial charge in [0.1, 0.15) is 5.82 Å². The van der Waals surface area contributed by atoms with Crippen molar-refractivity contribution in [2.45, 2.75) is 26.7 Å². The fourth-order valence-electron chi connectivity index (χ4n) is 2.00. The van der Waals surface area contributed by atoms with Crippen molar-refractivity contribution in [3.05, 3.63) is 42.0 Å². The summed E-state index contributed by atoms with van der Waals surface area (Å²) in [5.74, 6) is 0.992. The molecule has 0 radical (unpaired) electrons. The number of ketones is 1. The van der Waals surface area contributed by atoms with Gasteiger partial charge in [-0.3, -0.25) is 4.79 Å². The van der Waals surface area contributed by atoms with E-state index in [1.54, 1.807) is 12.3 Å². The van der Waals surface area contributed by atoms with Crippen LogP contribution < -0.4 is 5.73 Å². The zero-order valence-corrected chi connectivity index (χ0v) is 10.7. The number of Topliss-reactive ketones (excluding diaryl/α,β-unsaturated/α-hetero) is 1. The van der Waals surface area contributed by atoms with Gasteiger partial charge in [-0.15, -0.1) is 0 Å². The minimum atomic E-state index is -0.0153. The van der Waals surface area contributed by atoms with E-state index in [1.165, 1.54) is 6.92 Å². The highest BCUT2D eigenvalue weighted by atomic mass is 16.1. The van der Waals surface area contributed by atoms with Crippen molar-refractivity contribution in [3.63, 3.8) is 0 Å². The minimum absolute atomic E-state index is 0.0153. The zero-order valence-electron chi connectivity index (χ0n) is 10.7. The molecule has 94 valence electrons. The van der Waals surface area contributed by atoms with Crippen LogP contribution in [0.5, 0.6) is 0 Å². The Morgan fingerprint density at radius 1 is 1.44 bits per heavy atom. The molecule has 0 spiro atoms. The lowest BCUT2D eigenvalue weighted by Crippen LogP contribution is -2.04. The molecule has 0 atom stereocenters. The second-order valence-electron chi connectivity index (χ2n) is 4.29. The molecule has 0 unspecified atom stereocenters. The highest BCUT2D eigenvalue weighted by Crippen LogP contribution is 2.19. The highest BCUT2D eigenvalue weighted by molar-refractivity contribution is 5.99. The normalized spacial score (nSPS) is 10.6. The van der Waals surface area contributed by atoms with Crippen molar-refractivity contribution in [1.82, 2.24) is 9.55 Å². The number of hydrogen-bond acceptors (Lipinski definition) is 3. The molecular weight excluding hydrogens is 226 g/mol. The summed E-state index contributed by atoms with van der Waals surface area (Å²) in [6, 6.07) is 5.48. The zero-order chi connectivity index (χ0) is 13.1. The van der Waals surface area contributed by atoms with Crippen molar-refractivity contribution in [2.24, 2.45) is 0 Å². The Morgan fingerprint density at radius 2 is 2.22 bits per heavy atom. The van der Waals surface area contributed by atoms with Crippen LogP contribution in [0.3, 0.4) is 0 Å². The maximum absolute atomic E-state index is 11.3. The number of carbonyl (C=O) groups is 1. The molecule has 0 aliphatic carbocycles. The quantitative estimate of drug-likeness (QED) is 0.663. The van der Waals surface area contributed by atoms with E-state index in [-0.39, 0.29) is 5.78 Å². The standard InChI is InChI=1S/C14H17N3O/c1-3-4-14-16-7-8-17(14)11-5-6-12(10(2)18)13(15)9-11/h5-9H,3-4,15H2,1-2H3. The van der Waals surface area contributed by atoms with Gasteiger partial charge >= 0.3 is 0 Å². The molecule has 0 saturated heterocycles. The van der Waals surface area contributed by atoms with Gasteiger partial charge in [-0.25, -0.2) is 4.98 Å². The summed E-state index contributed by atoms with van der Waals surface area (Å²) in [6.45, 7) is 3.64. The SMILES string of the molecule is CCCc1nccn1-c1ccc(C(C)=O)c(N)c1. The van der Waals surface area contributed by atoms with Gasteiger partial charge < -0.3 is 10.3 Å². The topological polar surface area (TPSA) is 60.9 Å². The van der Waals surface area contributed by atoms with Crippen molar-refractivity contribution in [2.75, 3.05) is 5.73 Å². The molecule has 0 bridgehead atoms. The largest absolute Gasteiger partial charge is 0.398 e. The lowest BCUT2D eigenvalue weighted by molar-refractivity contribution is 0.101. The van der Waals surface area contributed by atoms with E-state index in [1.807, 2.05) is 22.9 Å². The predicted molar refractivity (Wildman–Crippen MR) is 72.0 cm³/mol. The lowest BCUT2D eigenvalue weighted by atomic mass is 10.1. The second-order valence-corrected chi connectivity index (χ2v) is 4.29. The maximum atomic E-state index is 11.3. The van der Waals surface area contributed by atoms with Crippen LogP contribution in [0.2, 0.25) is 0 Å². The second kappa shape index (κ2) is 5.04. The molecule has 0 saturated carbocycles. The summed E-state index contributed by atoms with van der Waals surface area (Å²) in [6.07, 6.45) is 5.65. The number of nitrogen functional groups attached to an aromatic ring is 1. The summed E-state index contributed by atoms with van der Waals surface area (Å²) in [4.78, 5) is 15.7. The molecule has 0 fully saturated rings. The fraction of sp³-hybridized carbons (Fsp3) is 0.286. The number of anilines is 1. The Labute approximate surface area is 106 Å². The average molecular weight is 243 g/mol. The average Bonchev–Trinajstić information content (AvgIpc) is 2.77. The molecule has 0 aliphatic rings. The van der Waals surface area contributed by atoms with Gasteiger partial charge in [0.25, 0.3) is 0 Å². The van der Waals surface area contributed by atoms with E-state index in [9.17, 15) is 4.79 Å². The molecule has 2 aromatic rings. The van der Waals surface area contributed by atoms with Crippen LogP contribution in [0.1, 0.15) is 36.5 Å². The van der Waals surface area contributed by atoms with Gasteiger partial charge in [-0.05, 0) is 31.5 Å². The predicted octanol–water partition coefficient (Wildman–Crippen LogP) is 2.61. The van der Waals surface area contributed by atoms with Crippen molar-refractivity contribution >= 4 is 11.5 Å². The van der Waals surface area contributed by atoms with E-state index in [2.05, 4.69) is 11.9 Å². The Bertz CT molecular complexity index is 572. The molecule has 4 heteroatoms. The molecule has 18 heavy (non-hydrogen) atoms. The van der Waals surface area contributed by atoms with E-state index >= 15 is 0 Å². The number of aryl methyl sites for hydroxylation is 1. The molecule has 0 aliphatic heterocycles. The number of nitrogens with two attached hydrogens (primary N) is 1. The Morgan fingerprint density at radius 3 is 2.83 bits per heavy atom. The van der Waals surface area contributed by atoms with Gasteiger partial charge in [0.2, 0.25) is 0 Å². The first-order chi connectivity index (χ1) is 8.63. The van der Waals surface area contributed by atoms with E-state index in [4.69, 9.17) is 5.73 Å². The summed E-state index contributed by atoms with van der Waals surface area (Å²) >= 11 is 0. The van der Waals surface area contributed by atoms with Crippen LogP contribution in [0.4, 0.5) is 5.69 Å². The minimum Gasteiger partial charge on any atom is -0.398 e. The van der Waals surface area contributed by atoms with E-state index < -0.39 is 0 Å². The highest BCUT2D eigenvalue weighted by Gasteiger charge is 2.08. The Hall–Kier alpha value is -2.10. The number of nitrogens with zero attached hydrogens (tertiary/aromatic N) is 2.